The van der Waals surface area contributed by atoms with Crippen LogP contribution in [0.25, 0.3) is 0 Å². The normalized spacial score (nSPS) is 10.2. The molecule has 0 aromatic heterocycles. The summed E-state index contributed by atoms with van der Waals surface area (Å²) in [6, 6.07) is 23.7. The number of rotatable bonds is 9. The van der Waals surface area contributed by atoms with E-state index in [1.165, 1.54) is 11.8 Å². The SMILES string of the molecule is COc1cccc(NC(=O)CSc2ccc(NC(=O)COc3ccccc3)cc2)c1. The van der Waals surface area contributed by atoms with Crippen molar-refractivity contribution in [2.24, 2.45) is 0 Å². The second-order valence-electron chi connectivity index (χ2n) is 6.24. The largest absolute Gasteiger partial charge is 0.497 e. The van der Waals surface area contributed by atoms with Gasteiger partial charge in [0.25, 0.3) is 5.91 Å². The van der Waals surface area contributed by atoms with Gasteiger partial charge in [-0.2, -0.15) is 0 Å². The fourth-order valence-corrected chi connectivity index (χ4v) is 3.24. The third-order valence-electron chi connectivity index (χ3n) is 3.97. The van der Waals surface area contributed by atoms with E-state index in [1.807, 2.05) is 48.5 Å². The molecule has 2 amide bonds. The van der Waals surface area contributed by atoms with Gasteiger partial charge < -0.3 is 20.1 Å². The molecular weight excluding hydrogens is 400 g/mol. The van der Waals surface area contributed by atoms with E-state index in [-0.39, 0.29) is 24.2 Å². The summed E-state index contributed by atoms with van der Waals surface area (Å²) in [6.07, 6.45) is 0. The van der Waals surface area contributed by atoms with Crippen LogP contribution in [0, 0.1) is 0 Å². The van der Waals surface area contributed by atoms with Crippen LogP contribution in [0.1, 0.15) is 0 Å². The predicted molar refractivity (Wildman–Crippen MR) is 119 cm³/mol. The molecule has 0 saturated carbocycles. The van der Waals surface area contributed by atoms with Crippen LogP contribution in [0.3, 0.4) is 0 Å². The molecule has 6 nitrogen and oxygen atoms in total. The highest BCUT2D eigenvalue weighted by atomic mass is 32.2. The van der Waals surface area contributed by atoms with Crippen molar-refractivity contribution in [1.29, 1.82) is 0 Å². The van der Waals surface area contributed by atoms with Crippen LogP contribution in [-0.4, -0.2) is 31.3 Å². The quantitative estimate of drug-likeness (QED) is 0.499. The molecule has 0 aliphatic carbocycles. The van der Waals surface area contributed by atoms with Gasteiger partial charge >= 0.3 is 0 Å². The molecule has 154 valence electrons. The zero-order chi connectivity index (χ0) is 21.2. The molecule has 7 heteroatoms. The Morgan fingerprint density at radius 3 is 2.23 bits per heavy atom. The van der Waals surface area contributed by atoms with Crippen LogP contribution in [0.4, 0.5) is 11.4 Å². The maximum absolute atomic E-state index is 12.1. The highest BCUT2D eigenvalue weighted by molar-refractivity contribution is 8.00. The first-order valence-corrected chi connectivity index (χ1v) is 10.3. The zero-order valence-electron chi connectivity index (χ0n) is 16.5. The van der Waals surface area contributed by atoms with Crippen LogP contribution in [0.15, 0.2) is 83.8 Å². The van der Waals surface area contributed by atoms with Crippen molar-refractivity contribution in [2.45, 2.75) is 4.90 Å². The van der Waals surface area contributed by atoms with Gasteiger partial charge in [-0.1, -0.05) is 24.3 Å². The minimum Gasteiger partial charge on any atom is -0.497 e. The maximum atomic E-state index is 12.1. The topological polar surface area (TPSA) is 76.7 Å². The van der Waals surface area contributed by atoms with Gasteiger partial charge in [0.15, 0.2) is 6.61 Å². The molecule has 2 N–H and O–H groups in total. The molecule has 3 aromatic carbocycles. The molecule has 0 heterocycles. The number of benzene rings is 3. The first-order chi connectivity index (χ1) is 14.6. The number of hydrogen-bond acceptors (Lipinski definition) is 5. The summed E-state index contributed by atoms with van der Waals surface area (Å²) in [5, 5.41) is 5.62. The summed E-state index contributed by atoms with van der Waals surface area (Å²) in [4.78, 5) is 25.1. The van der Waals surface area contributed by atoms with E-state index in [0.29, 0.717) is 22.9 Å². The Morgan fingerprint density at radius 2 is 1.50 bits per heavy atom. The maximum Gasteiger partial charge on any atom is 0.262 e. The number of anilines is 2. The highest BCUT2D eigenvalue weighted by Gasteiger charge is 2.06. The highest BCUT2D eigenvalue weighted by Crippen LogP contribution is 2.22. The monoisotopic (exact) mass is 422 g/mol. The molecule has 3 aromatic rings. The van der Waals surface area contributed by atoms with E-state index in [1.54, 1.807) is 37.4 Å². The number of thioether (sulfide) groups is 1. The van der Waals surface area contributed by atoms with Gasteiger partial charge in [0, 0.05) is 22.3 Å². The van der Waals surface area contributed by atoms with Gasteiger partial charge in [-0.05, 0) is 48.5 Å². The Labute approximate surface area is 179 Å². The van der Waals surface area contributed by atoms with Gasteiger partial charge in [0.05, 0.1) is 12.9 Å². The van der Waals surface area contributed by atoms with Crippen molar-refractivity contribution in [3.8, 4) is 11.5 Å². The standard InChI is InChI=1S/C23H22N2O4S/c1-28-20-9-5-6-18(14-20)25-23(27)16-30-21-12-10-17(11-13-21)24-22(26)15-29-19-7-3-2-4-8-19/h2-14H,15-16H2,1H3,(H,24,26)(H,25,27). The number of hydrogen-bond donors (Lipinski definition) is 2. The number of carbonyl (C=O) groups is 2. The van der Waals surface area contributed by atoms with Crippen LogP contribution in [0.5, 0.6) is 11.5 Å². The van der Waals surface area contributed by atoms with Gasteiger partial charge in [0.1, 0.15) is 11.5 Å². The van der Waals surface area contributed by atoms with Gasteiger partial charge in [-0.3, -0.25) is 9.59 Å². The second-order valence-corrected chi connectivity index (χ2v) is 7.29. The predicted octanol–water partition coefficient (Wildman–Crippen LogP) is 4.44. The molecular formula is C23H22N2O4S. The Bertz CT molecular complexity index is 978. The van der Waals surface area contributed by atoms with E-state index < -0.39 is 0 Å². The fraction of sp³-hybridized carbons (Fsp3) is 0.130. The zero-order valence-corrected chi connectivity index (χ0v) is 17.3. The molecule has 0 atom stereocenters. The average molecular weight is 423 g/mol. The Hall–Kier alpha value is -3.45. The lowest BCUT2D eigenvalue weighted by Gasteiger charge is -2.09. The van der Waals surface area contributed by atoms with Crippen LogP contribution < -0.4 is 20.1 Å². The van der Waals surface area contributed by atoms with Crippen molar-refractivity contribution in [2.75, 3.05) is 30.1 Å². The fourth-order valence-electron chi connectivity index (χ4n) is 2.54. The lowest BCUT2D eigenvalue weighted by atomic mass is 10.3. The molecule has 3 rings (SSSR count). The van der Waals surface area contributed by atoms with Crippen LogP contribution >= 0.6 is 11.8 Å². The van der Waals surface area contributed by atoms with Crippen molar-refractivity contribution in [1.82, 2.24) is 0 Å². The molecule has 0 aliphatic heterocycles. The van der Waals surface area contributed by atoms with Crippen molar-refractivity contribution < 1.29 is 19.1 Å². The van der Waals surface area contributed by atoms with E-state index >= 15 is 0 Å². The number of carbonyl (C=O) groups excluding carboxylic acids is 2. The summed E-state index contributed by atoms with van der Waals surface area (Å²) in [7, 11) is 1.58. The van der Waals surface area contributed by atoms with Crippen LogP contribution in [0.2, 0.25) is 0 Å². The third-order valence-corrected chi connectivity index (χ3v) is 4.99. The summed E-state index contributed by atoms with van der Waals surface area (Å²) in [5.41, 5.74) is 1.36. The van der Waals surface area contributed by atoms with Crippen molar-refractivity contribution >= 4 is 35.0 Å². The molecule has 0 saturated heterocycles. The first-order valence-electron chi connectivity index (χ1n) is 9.27. The number of ether oxygens (including phenoxy) is 2. The lowest BCUT2D eigenvalue weighted by Crippen LogP contribution is -2.20. The molecule has 30 heavy (non-hydrogen) atoms. The summed E-state index contributed by atoms with van der Waals surface area (Å²) < 4.78 is 10.6. The lowest BCUT2D eigenvalue weighted by molar-refractivity contribution is -0.118. The minimum absolute atomic E-state index is 0.0645. The Morgan fingerprint density at radius 1 is 0.800 bits per heavy atom. The number of methoxy groups -OCH3 is 1. The second kappa shape index (κ2) is 10.9. The number of para-hydroxylation sites is 1. The molecule has 0 aliphatic rings. The van der Waals surface area contributed by atoms with Gasteiger partial charge in [-0.15, -0.1) is 11.8 Å². The Kier molecular flexibility index (Phi) is 7.74. The molecule has 0 bridgehead atoms. The van der Waals surface area contributed by atoms with E-state index in [9.17, 15) is 9.59 Å². The van der Waals surface area contributed by atoms with Crippen molar-refractivity contribution in [3.63, 3.8) is 0 Å². The summed E-state index contributed by atoms with van der Waals surface area (Å²) in [6.45, 7) is -0.0645. The summed E-state index contributed by atoms with van der Waals surface area (Å²) in [5.74, 6) is 1.26. The van der Waals surface area contributed by atoms with Crippen molar-refractivity contribution in [3.05, 3.63) is 78.9 Å². The van der Waals surface area contributed by atoms with E-state index in [4.69, 9.17) is 9.47 Å². The minimum atomic E-state index is -0.239. The average Bonchev–Trinajstić information content (AvgIpc) is 2.78. The molecule has 0 fully saturated rings. The summed E-state index contributed by atoms with van der Waals surface area (Å²) >= 11 is 1.41. The molecule has 0 spiro atoms. The number of amides is 2. The molecule has 0 unspecified atom stereocenters. The van der Waals surface area contributed by atoms with E-state index in [0.717, 1.165) is 4.90 Å². The number of nitrogens with one attached hydrogen (secondary N) is 2. The first kappa shape index (κ1) is 21.3. The molecule has 0 radical (unpaired) electrons. The van der Waals surface area contributed by atoms with Gasteiger partial charge in [-0.25, -0.2) is 0 Å². The third kappa shape index (κ3) is 6.86. The van der Waals surface area contributed by atoms with Crippen LogP contribution in [-0.2, 0) is 9.59 Å². The van der Waals surface area contributed by atoms with Gasteiger partial charge in [0.2, 0.25) is 5.91 Å². The van der Waals surface area contributed by atoms with E-state index in [2.05, 4.69) is 10.6 Å². The smallest absolute Gasteiger partial charge is 0.262 e. The Balaban J connectivity index is 1.42.